The van der Waals surface area contributed by atoms with E-state index >= 15 is 0 Å². The number of nitrogens with one attached hydrogen (secondary N) is 2. The average molecular weight is 345 g/mol. The fourth-order valence-electron chi connectivity index (χ4n) is 3.54. The number of carbonyl (C=O) groups excluding carboxylic acids is 2. The third-order valence-electron chi connectivity index (χ3n) is 5.35. The van der Waals surface area contributed by atoms with Gasteiger partial charge in [0.05, 0.1) is 5.69 Å². The summed E-state index contributed by atoms with van der Waals surface area (Å²) in [5, 5.41) is 6.37. The molecule has 2 N–H and O–H groups in total. The van der Waals surface area contributed by atoms with Gasteiger partial charge in [-0.1, -0.05) is 6.07 Å². The van der Waals surface area contributed by atoms with Crippen LogP contribution in [0.25, 0.3) is 0 Å². The van der Waals surface area contributed by atoms with Crippen LogP contribution in [0.5, 0.6) is 5.75 Å². The number of hydrogen-bond donors (Lipinski definition) is 2. The van der Waals surface area contributed by atoms with E-state index in [0.29, 0.717) is 11.4 Å². The summed E-state index contributed by atoms with van der Waals surface area (Å²) >= 11 is 0. The molecule has 25 heavy (non-hydrogen) atoms. The molecule has 1 aromatic rings. The van der Waals surface area contributed by atoms with Crippen LogP contribution in [0, 0.1) is 18.3 Å². The zero-order valence-electron chi connectivity index (χ0n) is 15.2. The van der Waals surface area contributed by atoms with Crippen LogP contribution in [0.2, 0.25) is 0 Å². The molecule has 1 saturated carbocycles. The lowest BCUT2D eigenvalue weighted by atomic mass is 9.92. The van der Waals surface area contributed by atoms with Gasteiger partial charge in [0.1, 0.15) is 5.75 Å². The highest BCUT2D eigenvalue weighted by molar-refractivity contribution is 5.96. The zero-order valence-corrected chi connectivity index (χ0v) is 15.2. The topological polar surface area (TPSA) is 70.7 Å². The molecule has 1 saturated heterocycles. The SMILES string of the molecule is Cc1ccc(NC(=O)C2CC23CCNCC3)c(OCC(=O)N(C)C)c1. The number of likely N-dealkylation sites (N-methyl/N-ethyl adjacent to an activating group) is 1. The number of carbonyl (C=O) groups is 2. The van der Waals surface area contributed by atoms with Crippen molar-refractivity contribution in [2.24, 2.45) is 11.3 Å². The molecule has 136 valence electrons. The van der Waals surface area contributed by atoms with Crippen LogP contribution in [-0.4, -0.2) is 50.5 Å². The van der Waals surface area contributed by atoms with Gasteiger partial charge in [-0.2, -0.15) is 0 Å². The molecule has 2 amide bonds. The van der Waals surface area contributed by atoms with E-state index in [9.17, 15) is 9.59 Å². The number of rotatable bonds is 5. The largest absolute Gasteiger partial charge is 0.482 e. The first-order valence-electron chi connectivity index (χ1n) is 8.86. The number of anilines is 1. The molecule has 1 aliphatic heterocycles. The van der Waals surface area contributed by atoms with Crippen LogP contribution in [0.4, 0.5) is 5.69 Å². The van der Waals surface area contributed by atoms with Gasteiger partial charge in [-0.05, 0) is 62.4 Å². The Morgan fingerprint density at radius 2 is 2.04 bits per heavy atom. The number of hydrogen-bond acceptors (Lipinski definition) is 4. The monoisotopic (exact) mass is 345 g/mol. The smallest absolute Gasteiger partial charge is 0.259 e. The van der Waals surface area contributed by atoms with E-state index in [1.807, 2.05) is 25.1 Å². The number of ether oxygens (including phenoxy) is 1. The van der Waals surface area contributed by atoms with E-state index in [2.05, 4.69) is 10.6 Å². The Kier molecular flexibility index (Phi) is 4.99. The van der Waals surface area contributed by atoms with Crippen LogP contribution in [0.15, 0.2) is 18.2 Å². The van der Waals surface area contributed by atoms with Gasteiger partial charge in [-0.25, -0.2) is 0 Å². The molecule has 0 aromatic heterocycles. The number of aryl methyl sites for hydroxylation is 1. The Labute approximate surface area is 148 Å². The molecule has 3 rings (SSSR count). The van der Waals surface area contributed by atoms with Crippen molar-refractivity contribution in [1.29, 1.82) is 0 Å². The second-order valence-corrected chi connectivity index (χ2v) is 7.43. The standard InChI is InChI=1S/C19H27N3O3/c1-13-4-5-15(16(10-13)25-12-17(23)22(2)3)21-18(24)14-11-19(14)6-8-20-9-7-19/h4-5,10,14,20H,6-9,11-12H2,1-3H3,(H,21,24). The Bertz CT molecular complexity index is 666. The average Bonchev–Trinajstić information content (AvgIpc) is 3.28. The summed E-state index contributed by atoms with van der Waals surface area (Å²) in [5.74, 6) is 0.583. The Hall–Kier alpha value is -2.08. The van der Waals surface area contributed by atoms with E-state index in [4.69, 9.17) is 4.74 Å². The summed E-state index contributed by atoms with van der Waals surface area (Å²) in [6, 6.07) is 5.63. The number of nitrogens with zero attached hydrogens (tertiary/aromatic N) is 1. The highest BCUT2D eigenvalue weighted by atomic mass is 16.5. The van der Waals surface area contributed by atoms with Crippen LogP contribution in [0.1, 0.15) is 24.8 Å². The highest BCUT2D eigenvalue weighted by Gasteiger charge is 2.57. The van der Waals surface area contributed by atoms with Gasteiger partial charge in [0, 0.05) is 20.0 Å². The van der Waals surface area contributed by atoms with Crippen molar-refractivity contribution in [3.63, 3.8) is 0 Å². The van der Waals surface area contributed by atoms with E-state index in [0.717, 1.165) is 37.9 Å². The van der Waals surface area contributed by atoms with Gasteiger partial charge < -0.3 is 20.3 Å². The molecule has 2 fully saturated rings. The summed E-state index contributed by atoms with van der Waals surface area (Å²) in [7, 11) is 3.38. The van der Waals surface area contributed by atoms with Gasteiger partial charge in [-0.3, -0.25) is 9.59 Å². The molecule has 0 radical (unpaired) electrons. The summed E-state index contributed by atoms with van der Waals surface area (Å²) in [5.41, 5.74) is 1.85. The second-order valence-electron chi connectivity index (χ2n) is 7.43. The Morgan fingerprint density at radius 1 is 1.32 bits per heavy atom. The third kappa shape index (κ3) is 3.95. The van der Waals surface area contributed by atoms with Gasteiger partial charge in [0.2, 0.25) is 5.91 Å². The molecule has 6 heteroatoms. The molecule has 1 aliphatic carbocycles. The summed E-state index contributed by atoms with van der Waals surface area (Å²) in [4.78, 5) is 25.9. The minimum atomic E-state index is -0.116. The maximum Gasteiger partial charge on any atom is 0.259 e. The summed E-state index contributed by atoms with van der Waals surface area (Å²) in [6.45, 7) is 3.90. The van der Waals surface area contributed by atoms with Gasteiger partial charge in [0.25, 0.3) is 5.91 Å². The van der Waals surface area contributed by atoms with Crippen molar-refractivity contribution >= 4 is 17.5 Å². The zero-order chi connectivity index (χ0) is 18.0. The van der Waals surface area contributed by atoms with Crippen LogP contribution >= 0.6 is 0 Å². The highest BCUT2D eigenvalue weighted by Crippen LogP contribution is 2.58. The Morgan fingerprint density at radius 3 is 2.72 bits per heavy atom. The van der Waals surface area contributed by atoms with Gasteiger partial charge >= 0.3 is 0 Å². The molecule has 1 spiro atoms. The molecular weight excluding hydrogens is 318 g/mol. The van der Waals surface area contributed by atoms with Gasteiger partial charge in [-0.15, -0.1) is 0 Å². The quantitative estimate of drug-likeness (QED) is 0.854. The minimum absolute atomic E-state index is 0.0433. The van der Waals surface area contributed by atoms with E-state index < -0.39 is 0 Å². The maximum atomic E-state index is 12.7. The van der Waals surface area contributed by atoms with Crippen molar-refractivity contribution in [1.82, 2.24) is 10.2 Å². The minimum Gasteiger partial charge on any atom is -0.482 e. The van der Waals surface area contributed by atoms with Crippen LogP contribution in [0.3, 0.4) is 0 Å². The Balaban J connectivity index is 1.65. The summed E-state index contributed by atoms with van der Waals surface area (Å²) < 4.78 is 5.66. The van der Waals surface area contributed by atoms with E-state index in [1.54, 1.807) is 14.1 Å². The lowest BCUT2D eigenvalue weighted by molar-refractivity contribution is -0.130. The van der Waals surface area contributed by atoms with Crippen molar-refractivity contribution < 1.29 is 14.3 Å². The second kappa shape index (κ2) is 7.04. The molecule has 1 atom stereocenters. The molecule has 1 unspecified atom stereocenters. The first-order chi connectivity index (χ1) is 11.9. The van der Waals surface area contributed by atoms with Crippen molar-refractivity contribution in [2.75, 3.05) is 39.1 Å². The van der Waals surface area contributed by atoms with E-state index in [-0.39, 0.29) is 29.8 Å². The third-order valence-corrected chi connectivity index (χ3v) is 5.35. The molecule has 6 nitrogen and oxygen atoms in total. The first kappa shape index (κ1) is 17.7. The van der Waals surface area contributed by atoms with Crippen molar-refractivity contribution in [3.05, 3.63) is 23.8 Å². The molecule has 2 aliphatic rings. The van der Waals surface area contributed by atoms with Crippen LogP contribution in [-0.2, 0) is 9.59 Å². The number of piperidine rings is 1. The number of amides is 2. The van der Waals surface area contributed by atoms with Crippen LogP contribution < -0.4 is 15.4 Å². The number of benzene rings is 1. The molecular formula is C19H27N3O3. The molecule has 1 heterocycles. The summed E-state index contributed by atoms with van der Waals surface area (Å²) in [6.07, 6.45) is 3.11. The normalized spacial score (nSPS) is 20.8. The fraction of sp³-hybridized carbons (Fsp3) is 0.579. The predicted molar refractivity (Wildman–Crippen MR) is 96.6 cm³/mol. The molecule has 1 aromatic carbocycles. The van der Waals surface area contributed by atoms with Gasteiger partial charge in [0.15, 0.2) is 6.61 Å². The lowest BCUT2D eigenvalue weighted by Crippen LogP contribution is -2.31. The van der Waals surface area contributed by atoms with Crippen molar-refractivity contribution in [3.8, 4) is 5.75 Å². The van der Waals surface area contributed by atoms with E-state index in [1.165, 1.54) is 4.90 Å². The molecule has 0 bridgehead atoms. The predicted octanol–water partition coefficient (Wildman–Crippen LogP) is 1.79. The lowest BCUT2D eigenvalue weighted by Gasteiger charge is -2.23. The van der Waals surface area contributed by atoms with Crippen molar-refractivity contribution in [2.45, 2.75) is 26.2 Å². The fourth-order valence-corrected chi connectivity index (χ4v) is 3.54. The maximum absolute atomic E-state index is 12.7. The first-order valence-corrected chi connectivity index (χ1v) is 8.86.